The van der Waals surface area contributed by atoms with Crippen molar-refractivity contribution in [1.29, 1.82) is 0 Å². The molecule has 0 aliphatic carbocycles. The normalized spacial score (nSPS) is 11.4. The summed E-state index contributed by atoms with van der Waals surface area (Å²) in [5, 5.41) is 16.7. The van der Waals surface area contributed by atoms with E-state index in [-0.39, 0.29) is 56.5 Å². The molecule has 24 heavy (non-hydrogen) atoms. The summed E-state index contributed by atoms with van der Waals surface area (Å²) >= 11 is 0. The van der Waals surface area contributed by atoms with E-state index in [1.54, 1.807) is 0 Å². The summed E-state index contributed by atoms with van der Waals surface area (Å²) in [5.41, 5.74) is 5.23. The van der Waals surface area contributed by atoms with Crippen LogP contribution in [0, 0.1) is 0 Å². The highest BCUT2D eigenvalue weighted by atomic mass is 16.4. The van der Waals surface area contributed by atoms with Crippen LogP contribution in [0.2, 0.25) is 0 Å². The Kier molecular flexibility index (Phi) is 12.1. The first-order chi connectivity index (χ1) is 11.4. The van der Waals surface area contributed by atoms with Gasteiger partial charge >= 0.3 is 5.97 Å². The van der Waals surface area contributed by atoms with E-state index >= 15 is 0 Å². The van der Waals surface area contributed by atoms with Crippen LogP contribution < -0.4 is 21.7 Å². The molecule has 6 N–H and O–H groups in total. The first kappa shape index (κ1) is 21.8. The second-order valence-electron chi connectivity index (χ2n) is 5.34. The topological polar surface area (TPSA) is 151 Å². The Bertz CT molecular complexity index is 428. The molecule has 0 radical (unpaired) electrons. The van der Waals surface area contributed by atoms with Crippen molar-refractivity contribution in [2.75, 3.05) is 19.6 Å². The SMILES string of the molecule is CCCC(=O)NC(CCCNC(=O)CCNC(=O)CCN)C(=O)O. The minimum atomic E-state index is -1.09. The Morgan fingerprint density at radius 1 is 0.958 bits per heavy atom. The van der Waals surface area contributed by atoms with Gasteiger partial charge in [0.1, 0.15) is 6.04 Å². The van der Waals surface area contributed by atoms with Crippen molar-refractivity contribution in [3.05, 3.63) is 0 Å². The van der Waals surface area contributed by atoms with Crippen molar-refractivity contribution >= 4 is 23.7 Å². The fraction of sp³-hybridized carbons (Fsp3) is 0.733. The molecule has 0 bridgehead atoms. The Balaban J connectivity index is 3.87. The van der Waals surface area contributed by atoms with E-state index in [1.807, 2.05) is 6.92 Å². The zero-order valence-electron chi connectivity index (χ0n) is 14.1. The van der Waals surface area contributed by atoms with Gasteiger partial charge in [0.05, 0.1) is 0 Å². The molecule has 0 heterocycles. The number of carbonyl (C=O) groups is 4. The quantitative estimate of drug-likeness (QED) is 0.273. The van der Waals surface area contributed by atoms with Crippen LogP contribution in [0.5, 0.6) is 0 Å². The number of rotatable bonds is 13. The predicted molar refractivity (Wildman–Crippen MR) is 88.0 cm³/mol. The number of carbonyl (C=O) groups excluding carboxylic acids is 3. The van der Waals surface area contributed by atoms with Gasteiger partial charge in [0.2, 0.25) is 17.7 Å². The number of hydrogen-bond donors (Lipinski definition) is 5. The summed E-state index contributed by atoms with van der Waals surface area (Å²) in [7, 11) is 0. The van der Waals surface area contributed by atoms with Crippen LogP contribution >= 0.6 is 0 Å². The summed E-state index contributed by atoms with van der Waals surface area (Å²) < 4.78 is 0. The molecule has 0 aromatic heterocycles. The average Bonchev–Trinajstić information content (AvgIpc) is 2.50. The highest BCUT2D eigenvalue weighted by molar-refractivity contribution is 5.83. The number of nitrogens with one attached hydrogen (secondary N) is 3. The van der Waals surface area contributed by atoms with Crippen LogP contribution in [0.3, 0.4) is 0 Å². The molecule has 138 valence electrons. The fourth-order valence-electron chi connectivity index (χ4n) is 1.91. The maximum absolute atomic E-state index is 11.6. The highest BCUT2D eigenvalue weighted by Crippen LogP contribution is 1.99. The van der Waals surface area contributed by atoms with E-state index in [2.05, 4.69) is 16.0 Å². The standard InChI is InChI=1S/C15H28N4O5/c1-2-4-14(22)19-11(15(23)24)5-3-9-17-13(21)7-10-18-12(20)6-8-16/h11H,2-10,16H2,1H3,(H,17,21)(H,18,20)(H,19,22)(H,23,24). The van der Waals surface area contributed by atoms with Gasteiger partial charge in [0.15, 0.2) is 0 Å². The minimum Gasteiger partial charge on any atom is -0.480 e. The van der Waals surface area contributed by atoms with Gasteiger partial charge in [-0.05, 0) is 19.3 Å². The van der Waals surface area contributed by atoms with Gasteiger partial charge in [-0.3, -0.25) is 14.4 Å². The molecular formula is C15H28N4O5. The summed E-state index contributed by atoms with van der Waals surface area (Å²) in [6.45, 7) is 2.64. The van der Waals surface area contributed by atoms with Crippen molar-refractivity contribution < 1.29 is 24.3 Å². The molecule has 0 aromatic carbocycles. The van der Waals surface area contributed by atoms with E-state index in [0.29, 0.717) is 19.4 Å². The number of carboxylic acids is 1. The molecule has 0 aromatic rings. The summed E-state index contributed by atoms with van der Waals surface area (Å²) in [4.78, 5) is 45.2. The summed E-state index contributed by atoms with van der Waals surface area (Å²) in [5.74, 6) is -1.81. The van der Waals surface area contributed by atoms with Gasteiger partial charge in [-0.15, -0.1) is 0 Å². The van der Waals surface area contributed by atoms with E-state index in [1.165, 1.54) is 0 Å². The van der Waals surface area contributed by atoms with Gasteiger partial charge in [-0.25, -0.2) is 4.79 Å². The number of nitrogens with two attached hydrogens (primary N) is 1. The van der Waals surface area contributed by atoms with Crippen molar-refractivity contribution in [1.82, 2.24) is 16.0 Å². The van der Waals surface area contributed by atoms with Crippen molar-refractivity contribution in [3.8, 4) is 0 Å². The summed E-state index contributed by atoms with van der Waals surface area (Å²) in [6, 6.07) is -0.948. The number of hydrogen-bond acceptors (Lipinski definition) is 5. The third-order valence-electron chi connectivity index (χ3n) is 3.15. The molecule has 9 heteroatoms. The fourth-order valence-corrected chi connectivity index (χ4v) is 1.91. The van der Waals surface area contributed by atoms with Crippen LogP contribution in [0.4, 0.5) is 0 Å². The van der Waals surface area contributed by atoms with Crippen LogP contribution in [-0.2, 0) is 19.2 Å². The highest BCUT2D eigenvalue weighted by Gasteiger charge is 2.18. The lowest BCUT2D eigenvalue weighted by molar-refractivity contribution is -0.142. The van der Waals surface area contributed by atoms with Crippen LogP contribution in [0.15, 0.2) is 0 Å². The lowest BCUT2D eigenvalue weighted by Crippen LogP contribution is -2.41. The summed E-state index contributed by atoms with van der Waals surface area (Å²) in [6.07, 6.45) is 1.97. The van der Waals surface area contributed by atoms with E-state index in [9.17, 15) is 19.2 Å². The largest absolute Gasteiger partial charge is 0.480 e. The minimum absolute atomic E-state index is 0.145. The van der Waals surface area contributed by atoms with Crippen molar-refractivity contribution in [2.45, 2.75) is 51.5 Å². The van der Waals surface area contributed by atoms with Gasteiger partial charge < -0.3 is 26.8 Å². The number of carboxylic acid groups (broad SMARTS) is 1. The Hall–Kier alpha value is -2.16. The lowest BCUT2D eigenvalue weighted by Gasteiger charge is -2.14. The molecule has 0 aliphatic rings. The van der Waals surface area contributed by atoms with Gasteiger partial charge in [-0.2, -0.15) is 0 Å². The number of aliphatic carboxylic acids is 1. The van der Waals surface area contributed by atoms with Gasteiger partial charge in [0.25, 0.3) is 0 Å². The Morgan fingerprint density at radius 3 is 2.17 bits per heavy atom. The molecule has 1 unspecified atom stereocenters. The maximum Gasteiger partial charge on any atom is 0.326 e. The van der Waals surface area contributed by atoms with Crippen molar-refractivity contribution in [3.63, 3.8) is 0 Å². The first-order valence-electron chi connectivity index (χ1n) is 8.16. The Morgan fingerprint density at radius 2 is 1.58 bits per heavy atom. The molecule has 0 saturated heterocycles. The molecule has 0 fully saturated rings. The second kappa shape index (κ2) is 13.3. The molecule has 3 amide bonds. The van der Waals surface area contributed by atoms with E-state index in [4.69, 9.17) is 10.8 Å². The van der Waals surface area contributed by atoms with E-state index in [0.717, 1.165) is 0 Å². The van der Waals surface area contributed by atoms with Crippen molar-refractivity contribution in [2.24, 2.45) is 5.73 Å². The molecule has 9 nitrogen and oxygen atoms in total. The maximum atomic E-state index is 11.6. The molecular weight excluding hydrogens is 316 g/mol. The van der Waals surface area contributed by atoms with Gasteiger partial charge in [0, 0.05) is 38.9 Å². The molecule has 0 saturated carbocycles. The first-order valence-corrected chi connectivity index (χ1v) is 8.16. The predicted octanol–water partition coefficient (Wildman–Crippen LogP) is -0.893. The zero-order chi connectivity index (χ0) is 18.4. The molecule has 1 atom stereocenters. The third kappa shape index (κ3) is 11.4. The van der Waals surface area contributed by atoms with Crippen LogP contribution in [0.1, 0.15) is 45.4 Å². The smallest absolute Gasteiger partial charge is 0.326 e. The van der Waals surface area contributed by atoms with Crippen LogP contribution in [-0.4, -0.2) is 54.5 Å². The Labute approximate surface area is 141 Å². The molecule has 0 aliphatic heterocycles. The second-order valence-corrected chi connectivity index (χ2v) is 5.34. The number of amides is 3. The van der Waals surface area contributed by atoms with Crippen LogP contribution in [0.25, 0.3) is 0 Å². The monoisotopic (exact) mass is 344 g/mol. The van der Waals surface area contributed by atoms with E-state index < -0.39 is 12.0 Å². The van der Waals surface area contributed by atoms with Gasteiger partial charge in [-0.1, -0.05) is 6.92 Å². The molecule has 0 spiro atoms. The molecule has 0 rings (SSSR count). The zero-order valence-corrected chi connectivity index (χ0v) is 14.1. The average molecular weight is 344 g/mol. The third-order valence-corrected chi connectivity index (χ3v) is 3.15. The lowest BCUT2D eigenvalue weighted by atomic mass is 10.1.